The Kier molecular flexibility index (Phi) is 4.86. The van der Waals surface area contributed by atoms with E-state index in [9.17, 15) is 4.79 Å². The van der Waals surface area contributed by atoms with Gasteiger partial charge in [-0.3, -0.25) is 9.69 Å². The van der Waals surface area contributed by atoms with E-state index in [0.29, 0.717) is 23.9 Å². The fraction of sp³-hybridized carbons (Fsp3) is 0.650. The molecule has 0 saturated carbocycles. The zero-order chi connectivity index (χ0) is 16.4. The fourth-order valence-corrected chi connectivity index (χ4v) is 4.71. The van der Waals surface area contributed by atoms with Crippen molar-refractivity contribution in [2.45, 2.75) is 50.7 Å². The number of nitrogens with zero attached hydrogens (tertiary/aromatic N) is 2. The summed E-state index contributed by atoms with van der Waals surface area (Å²) in [5, 5.41) is 3.67. The van der Waals surface area contributed by atoms with Gasteiger partial charge in [0, 0.05) is 51.2 Å². The molecular weight excluding hydrogens is 298 g/mol. The maximum absolute atomic E-state index is 12.7. The second-order valence-electron chi connectivity index (χ2n) is 7.82. The van der Waals surface area contributed by atoms with E-state index in [-0.39, 0.29) is 0 Å². The minimum absolute atomic E-state index is 0.390. The summed E-state index contributed by atoms with van der Waals surface area (Å²) in [5.74, 6) is 0.999. The van der Waals surface area contributed by atoms with Crippen molar-refractivity contribution >= 4 is 5.91 Å². The molecule has 1 aromatic carbocycles. The van der Waals surface area contributed by atoms with E-state index >= 15 is 0 Å². The van der Waals surface area contributed by atoms with Crippen molar-refractivity contribution in [1.82, 2.24) is 15.1 Å². The van der Waals surface area contributed by atoms with E-state index in [4.69, 9.17) is 0 Å². The number of piperazine rings is 1. The summed E-state index contributed by atoms with van der Waals surface area (Å²) in [6.45, 7) is 4.78. The molecule has 2 bridgehead atoms. The van der Waals surface area contributed by atoms with E-state index in [1.807, 2.05) is 0 Å². The lowest BCUT2D eigenvalue weighted by Crippen LogP contribution is -2.49. The topological polar surface area (TPSA) is 35.6 Å². The molecule has 2 unspecified atom stereocenters. The van der Waals surface area contributed by atoms with Crippen molar-refractivity contribution < 1.29 is 4.79 Å². The molecule has 130 valence electrons. The van der Waals surface area contributed by atoms with Crippen LogP contribution < -0.4 is 5.32 Å². The van der Waals surface area contributed by atoms with Gasteiger partial charge in [-0.1, -0.05) is 30.3 Å². The molecular formula is C20H29N3O. The first-order chi connectivity index (χ1) is 11.8. The van der Waals surface area contributed by atoms with Crippen molar-refractivity contribution in [3.63, 3.8) is 0 Å². The van der Waals surface area contributed by atoms with Gasteiger partial charge < -0.3 is 10.2 Å². The van der Waals surface area contributed by atoms with Crippen LogP contribution in [-0.4, -0.2) is 54.0 Å². The predicted molar refractivity (Wildman–Crippen MR) is 95.6 cm³/mol. The Morgan fingerprint density at radius 3 is 2.33 bits per heavy atom. The van der Waals surface area contributed by atoms with Gasteiger partial charge in [0.1, 0.15) is 0 Å². The molecule has 3 aliphatic rings. The van der Waals surface area contributed by atoms with Crippen molar-refractivity contribution in [3.8, 4) is 0 Å². The largest absolute Gasteiger partial charge is 0.340 e. The first-order valence-corrected chi connectivity index (χ1v) is 9.56. The molecule has 0 radical (unpaired) electrons. The van der Waals surface area contributed by atoms with Gasteiger partial charge in [-0.2, -0.15) is 0 Å². The fourth-order valence-electron chi connectivity index (χ4n) is 4.71. The average Bonchev–Trinajstić information content (AvgIpc) is 2.95. The number of hydrogen-bond donors (Lipinski definition) is 1. The van der Waals surface area contributed by atoms with Crippen LogP contribution in [0, 0.1) is 5.92 Å². The lowest BCUT2D eigenvalue weighted by atomic mass is 9.89. The van der Waals surface area contributed by atoms with Crippen LogP contribution in [0.15, 0.2) is 30.3 Å². The molecule has 24 heavy (non-hydrogen) atoms. The highest BCUT2D eigenvalue weighted by molar-refractivity contribution is 5.76. The maximum atomic E-state index is 12.7. The van der Waals surface area contributed by atoms with Crippen molar-refractivity contribution in [2.75, 3.05) is 26.2 Å². The Morgan fingerprint density at radius 2 is 1.67 bits per heavy atom. The standard InChI is InChI=1S/C20H29N3O/c24-20(14-17-12-18-6-7-19(13-17)21-18)23-10-8-22(9-11-23)15-16-4-2-1-3-5-16/h1-5,17-19,21H,6-15H2. The average molecular weight is 327 g/mol. The number of carbonyl (C=O) groups excluding carboxylic acids is 1. The van der Waals surface area contributed by atoms with Gasteiger partial charge in [0.25, 0.3) is 0 Å². The number of fused-ring (bicyclic) bond motifs is 2. The van der Waals surface area contributed by atoms with E-state index < -0.39 is 0 Å². The summed E-state index contributed by atoms with van der Waals surface area (Å²) < 4.78 is 0. The Hall–Kier alpha value is -1.39. The number of nitrogens with one attached hydrogen (secondary N) is 1. The third-order valence-corrected chi connectivity index (χ3v) is 6.01. The molecule has 1 aromatic rings. The smallest absolute Gasteiger partial charge is 0.222 e. The molecule has 0 spiro atoms. The summed E-state index contributed by atoms with van der Waals surface area (Å²) in [5.41, 5.74) is 1.36. The molecule has 3 saturated heterocycles. The van der Waals surface area contributed by atoms with Crippen LogP contribution in [0.1, 0.15) is 37.7 Å². The van der Waals surface area contributed by atoms with Gasteiger partial charge in [0.2, 0.25) is 5.91 Å². The lowest BCUT2D eigenvalue weighted by molar-refractivity contribution is -0.134. The number of amides is 1. The SMILES string of the molecule is O=C(CC1CC2CCC(C1)N2)N1CCN(Cc2ccccc2)CC1. The molecule has 4 heteroatoms. The number of carbonyl (C=O) groups is 1. The minimum atomic E-state index is 0.390. The predicted octanol–water partition coefficient (Wildman–Crippen LogP) is 2.25. The molecule has 3 heterocycles. The summed E-state index contributed by atoms with van der Waals surface area (Å²) in [7, 11) is 0. The Bertz CT molecular complexity index is 541. The quantitative estimate of drug-likeness (QED) is 0.921. The summed E-state index contributed by atoms with van der Waals surface area (Å²) >= 11 is 0. The molecule has 4 nitrogen and oxygen atoms in total. The summed E-state index contributed by atoms with van der Waals surface area (Å²) in [6, 6.07) is 12.0. The minimum Gasteiger partial charge on any atom is -0.340 e. The van der Waals surface area contributed by atoms with E-state index in [0.717, 1.165) is 39.1 Å². The third kappa shape index (κ3) is 3.81. The molecule has 1 amide bonds. The molecule has 1 N–H and O–H groups in total. The van der Waals surface area contributed by atoms with Crippen molar-refractivity contribution in [3.05, 3.63) is 35.9 Å². The van der Waals surface area contributed by atoms with E-state index in [2.05, 4.69) is 45.4 Å². The number of piperidine rings is 1. The third-order valence-electron chi connectivity index (χ3n) is 6.01. The van der Waals surface area contributed by atoms with Gasteiger partial charge >= 0.3 is 0 Å². The monoisotopic (exact) mass is 327 g/mol. The molecule has 4 rings (SSSR count). The zero-order valence-electron chi connectivity index (χ0n) is 14.5. The van der Waals surface area contributed by atoms with Gasteiger partial charge in [0.05, 0.1) is 0 Å². The van der Waals surface area contributed by atoms with Crippen LogP contribution >= 0.6 is 0 Å². The van der Waals surface area contributed by atoms with Gasteiger partial charge in [-0.05, 0) is 37.2 Å². The van der Waals surface area contributed by atoms with Crippen LogP contribution in [0.5, 0.6) is 0 Å². The molecule has 0 aliphatic carbocycles. The molecule has 2 atom stereocenters. The lowest BCUT2D eigenvalue weighted by Gasteiger charge is -2.36. The van der Waals surface area contributed by atoms with E-state index in [1.165, 1.54) is 31.2 Å². The first kappa shape index (κ1) is 16.1. The Balaban J connectivity index is 1.23. The molecule has 3 fully saturated rings. The van der Waals surface area contributed by atoms with E-state index in [1.54, 1.807) is 0 Å². The molecule has 3 aliphatic heterocycles. The van der Waals surface area contributed by atoms with Crippen LogP contribution in [0.25, 0.3) is 0 Å². The van der Waals surface area contributed by atoms with Gasteiger partial charge in [0.15, 0.2) is 0 Å². The number of benzene rings is 1. The zero-order valence-corrected chi connectivity index (χ0v) is 14.5. The highest BCUT2D eigenvalue weighted by atomic mass is 16.2. The first-order valence-electron chi connectivity index (χ1n) is 9.56. The summed E-state index contributed by atoms with van der Waals surface area (Å²) in [4.78, 5) is 17.2. The summed E-state index contributed by atoms with van der Waals surface area (Å²) in [6.07, 6.45) is 5.81. The number of hydrogen-bond acceptors (Lipinski definition) is 3. The van der Waals surface area contributed by atoms with Crippen LogP contribution in [-0.2, 0) is 11.3 Å². The molecule has 0 aromatic heterocycles. The Labute approximate surface area is 145 Å². The van der Waals surface area contributed by atoms with Crippen molar-refractivity contribution in [2.24, 2.45) is 5.92 Å². The Morgan fingerprint density at radius 1 is 1.00 bits per heavy atom. The van der Waals surface area contributed by atoms with Crippen LogP contribution in [0.4, 0.5) is 0 Å². The highest BCUT2D eigenvalue weighted by Crippen LogP contribution is 2.33. The van der Waals surface area contributed by atoms with Gasteiger partial charge in [-0.25, -0.2) is 0 Å². The second-order valence-corrected chi connectivity index (χ2v) is 7.82. The highest BCUT2D eigenvalue weighted by Gasteiger charge is 2.35. The maximum Gasteiger partial charge on any atom is 0.222 e. The normalized spacial score (nSPS) is 30.5. The van der Waals surface area contributed by atoms with Gasteiger partial charge in [-0.15, -0.1) is 0 Å². The number of rotatable bonds is 4. The van der Waals surface area contributed by atoms with Crippen LogP contribution in [0.3, 0.4) is 0 Å². The second kappa shape index (κ2) is 7.24. The van der Waals surface area contributed by atoms with Crippen LogP contribution in [0.2, 0.25) is 0 Å². The van der Waals surface area contributed by atoms with Crippen molar-refractivity contribution in [1.29, 1.82) is 0 Å².